The zero-order valence-corrected chi connectivity index (χ0v) is 14.3. The van der Waals surface area contributed by atoms with Crippen LogP contribution in [0.2, 0.25) is 0 Å². The first-order chi connectivity index (χ1) is 11.8. The SMILES string of the molecule is CC(=O)Nc1ccc(S(=O)(=O)Nc2ccc3c(c2)oc(=O)n3C)cc1. The van der Waals surface area contributed by atoms with Gasteiger partial charge < -0.3 is 9.73 Å². The molecule has 8 nitrogen and oxygen atoms in total. The maximum Gasteiger partial charge on any atom is 0.419 e. The molecule has 1 aromatic heterocycles. The maximum absolute atomic E-state index is 12.4. The number of nitrogens with one attached hydrogen (secondary N) is 2. The first kappa shape index (κ1) is 16.8. The van der Waals surface area contributed by atoms with Crippen LogP contribution < -0.4 is 15.8 Å². The Morgan fingerprint density at radius 1 is 1.08 bits per heavy atom. The smallest absolute Gasteiger partial charge is 0.408 e. The predicted octanol–water partition coefficient (Wildman–Crippen LogP) is 1.89. The number of carbonyl (C=O) groups is 1. The number of rotatable bonds is 4. The van der Waals surface area contributed by atoms with E-state index in [1.54, 1.807) is 19.2 Å². The van der Waals surface area contributed by atoms with Gasteiger partial charge in [0.1, 0.15) is 0 Å². The zero-order valence-electron chi connectivity index (χ0n) is 13.4. The largest absolute Gasteiger partial charge is 0.419 e. The monoisotopic (exact) mass is 361 g/mol. The molecule has 3 rings (SSSR count). The lowest BCUT2D eigenvalue weighted by molar-refractivity contribution is -0.114. The highest BCUT2D eigenvalue weighted by atomic mass is 32.2. The second-order valence-electron chi connectivity index (χ2n) is 5.42. The van der Waals surface area contributed by atoms with E-state index in [9.17, 15) is 18.0 Å². The Hall–Kier alpha value is -3.07. The Morgan fingerprint density at radius 2 is 1.72 bits per heavy atom. The maximum atomic E-state index is 12.4. The summed E-state index contributed by atoms with van der Waals surface area (Å²) in [6, 6.07) is 10.3. The van der Waals surface area contributed by atoms with E-state index in [1.165, 1.54) is 41.8 Å². The lowest BCUT2D eigenvalue weighted by Gasteiger charge is -2.09. The number of oxazole rings is 1. The molecule has 0 atom stereocenters. The minimum absolute atomic E-state index is 0.0382. The van der Waals surface area contributed by atoms with Crippen LogP contribution in [0.5, 0.6) is 0 Å². The molecule has 2 aromatic carbocycles. The first-order valence-corrected chi connectivity index (χ1v) is 8.75. The molecule has 0 fully saturated rings. The number of hydrogen-bond donors (Lipinski definition) is 2. The van der Waals surface area contributed by atoms with Crippen molar-refractivity contribution in [2.75, 3.05) is 10.0 Å². The van der Waals surface area contributed by atoms with Gasteiger partial charge in [-0.05, 0) is 36.4 Å². The van der Waals surface area contributed by atoms with Crippen LogP contribution in [0.3, 0.4) is 0 Å². The third kappa shape index (κ3) is 3.41. The summed E-state index contributed by atoms with van der Waals surface area (Å²) in [5.41, 5.74) is 1.62. The van der Waals surface area contributed by atoms with Crippen molar-refractivity contribution in [1.82, 2.24) is 4.57 Å². The number of amides is 1. The molecule has 3 aromatic rings. The fourth-order valence-electron chi connectivity index (χ4n) is 2.33. The second kappa shape index (κ2) is 6.10. The highest BCUT2D eigenvalue weighted by Gasteiger charge is 2.15. The fourth-order valence-corrected chi connectivity index (χ4v) is 3.38. The van der Waals surface area contributed by atoms with Gasteiger partial charge in [-0.1, -0.05) is 0 Å². The molecule has 0 saturated carbocycles. The number of anilines is 2. The van der Waals surface area contributed by atoms with Gasteiger partial charge in [0.05, 0.1) is 16.1 Å². The van der Waals surface area contributed by atoms with E-state index in [4.69, 9.17) is 4.42 Å². The zero-order chi connectivity index (χ0) is 18.2. The van der Waals surface area contributed by atoms with E-state index >= 15 is 0 Å². The molecule has 0 bridgehead atoms. The van der Waals surface area contributed by atoms with Gasteiger partial charge in [-0.2, -0.15) is 0 Å². The molecule has 0 aliphatic carbocycles. The van der Waals surface area contributed by atoms with E-state index < -0.39 is 15.8 Å². The van der Waals surface area contributed by atoms with E-state index in [-0.39, 0.29) is 22.1 Å². The molecule has 0 aliphatic heterocycles. The number of benzene rings is 2. The summed E-state index contributed by atoms with van der Waals surface area (Å²) in [7, 11) is -2.26. The summed E-state index contributed by atoms with van der Waals surface area (Å²) in [4.78, 5) is 22.5. The Balaban J connectivity index is 1.88. The van der Waals surface area contributed by atoms with Gasteiger partial charge >= 0.3 is 5.76 Å². The lowest BCUT2D eigenvalue weighted by Crippen LogP contribution is -2.13. The van der Waals surface area contributed by atoms with E-state index in [0.717, 1.165) is 0 Å². The number of carbonyl (C=O) groups excluding carboxylic acids is 1. The minimum Gasteiger partial charge on any atom is -0.408 e. The van der Waals surface area contributed by atoms with Crippen LogP contribution in [0.25, 0.3) is 11.1 Å². The molecule has 0 saturated heterocycles. The van der Waals surface area contributed by atoms with Crippen molar-refractivity contribution in [2.45, 2.75) is 11.8 Å². The molecule has 130 valence electrons. The molecule has 2 N–H and O–H groups in total. The molecule has 1 amide bonds. The van der Waals surface area contributed by atoms with Crippen molar-refractivity contribution in [1.29, 1.82) is 0 Å². The van der Waals surface area contributed by atoms with Crippen LogP contribution in [0, 0.1) is 0 Å². The van der Waals surface area contributed by atoms with Crippen molar-refractivity contribution in [3.8, 4) is 0 Å². The number of nitrogens with zero attached hydrogens (tertiary/aromatic N) is 1. The predicted molar refractivity (Wildman–Crippen MR) is 93.0 cm³/mol. The Bertz CT molecular complexity index is 1110. The van der Waals surface area contributed by atoms with Crippen molar-refractivity contribution in [3.63, 3.8) is 0 Å². The summed E-state index contributed by atoms with van der Waals surface area (Å²) in [5.74, 6) is -0.769. The minimum atomic E-state index is -3.82. The average Bonchev–Trinajstić information content (AvgIpc) is 2.81. The quantitative estimate of drug-likeness (QED) is 0.737. The molecular formula is C16H15N3O5S. The molecule has 1 heterocycles. The normalized spacial score (nSPS) is 11.4. The number of aromatic nitrogens is 1. The molecule has 0 unspecified atom stereocenters. The van der Waals surface area contributed by atoms with Crippen LogP contribution in [0.4, 0.5) is 11.4 Å². The highest BCUT2D eigenvalue weighted by molar-refractivity contribution is 7.92. The van der Waals surface area contributed by atoms with Gasteiger partial charge in [0.15, 0.2) is 5.58 Å². The summed E-state index contributed by atoms with van der Waals surface area (Å²) < 4.78 is 33.7. The van der Waals surface area contributed by atoms with Crippen molar-refractivity contribution in [2.24, 2.45) is 7.05 Å². The molecule has 9 heteroatoms. The summed E-state index contributed by atoms with van der Waals surface area (Å²) >= 11 is 0. The number of sulfonamides is 1. The van der Waals surface area contributed by atoms with Gasteiger partial charge in [0.25, 0.3) is 10.0 Å². The first-order valence-electron chi connectivity index (χ1n) is 7.26. The van der Waals surface area contributed by atoms with Crippen molar-refractivity contribution in [3.05, 3.63) is 53.0 Å². The van der Waals surface area contributed by atoms with E-state index in [2.05, 4.69) is 10.0 Å². The highest BCUT2D eigenvalue weighted by Crippen LogP contribution is 2.22. The molecule has 0 aliphatic rings. The fraction of sp³-hybridized carbons (Fsp3) is 0.125. The van der Waals surface area contributed by atoms with Gasteiger partial charge in [0, 0.05) is 25.7 Å². The van der Waals surface area contributed by atoms with E-state index in [0.29, 0.717) is 11.2 Å². The standard InChI is InChI=1S/C16H15N3O5S/c1-10(20)17-11-3-6-13(7-4-11)25(22,23)18-12-5-8-14-15(9-12)24-16(21)19(14)2/h3-9,18H,1-2H3,(H,17,20). The Kier molecular flexibility index (Phi) is 4.09. The van der Waals surface area contributed by atoms with Crippen LogP contribution in [-0.4, -0.2) is 18.9 Å². The second-order valence-corrected chi connectivity index (χ2v) is 7.10. The van der Waals surface area contributed by atoms with Gasteiger partial charge in [-0.25, -0.2) is 13.2 Å². The number of aryl methyl sites for hydroxylation is 1. The van der Waals surface area contributed by atoms with Gasteiger partial charge in [-0.15, -0.1) is 0 Å². The Labute approximate surface area is 143 Å². The van der Waals surface area contributed by atoms with E-state index in [1.807, 2.05) is 0 Å². The van der Waals surface area contributed by atoms with Crippen LogP contribution in [0.15, 0.2) is 56.6 Å². The third-order valence-corrected chi connectivity index (χ3v) is 4.93. The van der Waals surface area contributed by atoms with Crippen molar-refractivity contribution < 1.29 is 17.6 Å². The van der Waals surface area contributed by atoms with Crippen LogP contribution >= 0.6 is 0 Å². The third-order valence-electron chi connectivity index (χ3n) is 3.53. The summed E-state index contributed by atoms with van der Waals surface area (Å²) in [5, 5.41) is 2.56. The van der Waals surface area contributed by atoms with Crippen molar-refractivity contribution >= 4 is 38.4 Å². The molecule has 0 spiro atoms. The molecule has 0 radical (unpaired) electrons. The number of fused-ring (bicyclic) bond motifs is 1. The summed E-state index contributed by atoms with van der Waals surface area (Å²) in [6.07, 6.45) is 0. The van der Waals surface area contributed by atoms with Crippen LogP contribution in [0.1, 0.15) is 6.92 Å². The number of hydrogen-bond acceptors (Lipinski definition) is 5. The lowest BCUT2D eigenvalue weighted by atomic mass is 10.3. The van der Waals surface area contributed by atoms with Crippen LogP contribution in [-0.2, 0) is 21.9 Å². The molecule has 25 heavy (non-hydrogen) atoms. The topological polar surface area (TPSA) is 110 Å². The van der Waals surface area contributed by atoms with Gasteiger partial charge in [-0.3, -0.25) is 14.1 Å². The average molecular weight is 361 g/mol. The Morgan fingerprint density at radius 3 is 2.36 bits per heavy atom. The molecular weight excluding hydrogens is 346 g/mol. The van der Waals surface area contributed by atoms with Gasteiger partial charge in [0.2, 0.25) is 5.91 Å². The summed E-state index contributed by atoms with van der Waals surface area (Å²) in [6.45, 7) is 1.37.